The summed E-state index contributed by atoms with van der Waals surface area (Å²) in [4.78, 5) is 4.52. The van der Waals surface area contributed by atoms with Crippen molar-refractivity contribution in [3.05, 3.63) is 64.4 Å². The number of fused-ring (bicyclic) bond motifs is 1. The van der Waals surface area contributed by atoms with E-state index in [0.717, 1.165) is 20.8 Å². The minimum Gasteiger partial charge on any atom is -0.326 e. The Balaban J connectivity index is 1.92. The quantitative estimate of drug-likeness (QED) is 0.792. The third kappa shape index (κ3) is 2.50. The predicted octanol–water partition coefficient (Wildman–Crippen LogP) is 3.48. The van der Waals surface area contributed by atoms with E-state index in [1.54, 1.807) is 17.4 Å². The van der Waals surface area contributed by atoms with Crippen LogP contribution in [-0.2, 0) is 13.0 Å². The van der Waals surface area contributed by atoms with E-state index >= 15 is 0 Å². The van der Waals surface area contributed by atoms with Crippen molar-refractivity contribution in [2.24, 2.45) is 5.73 Å². The molecule has 3 aromatic rings. The molecular formula is C15H13FN2S. The van der Waals surface area contributed by atoms with Crippen LogP contribution in [0.15, 0.2) is 42.5 Å². The summed E-state index contributed by atoms with van der Waals surface area (Å²) in [5.74, 6) is -0.206. The van der Waals surface area contributed by atoms with E-state index < -0.39 is 0 Å². The van der Waals surface area contributed by atoms with E-state index in [1.807, 2.05) is 30.3 Å². The van der Waals surface area contributed by atoms with Gasteiger partial charge in [0, 0.05) is 13.0 Å². The third-order valence-corrected chi connectivity index (χ3v) is 4.07. The number of halogens is 1. The van der Waals surface area contributed by atoms with Crippen LogP contribution in [0.25, 0.3) is 10.2 Å². The largest absolute Gasteiger partial charge is 0.326 e. The van der Waals surface area contributed by atoms with Gasteiger partial charge in [-0.1, -0.05) is 24.3 Å². The molecule has 0 aliphatic carbocycles. The summed E-state index contributed by atoms with van der Waals surface area (Å²) in [5, 5.41) is 0.931. The highest BCUT2D eigenvalue weighted by Crippen LogP contribution is 2.24. The molecule has 0 radical (unpaired) electrons. The molecule has 0 bridgehead atoms. The first kappa shape index (κ1) is 12.3. The van der Waals surface area contributed by atoms with E-state index in [9.17, 15) is 4.39 Å². The van der Waals surface area contributed by atoms with Crippen LogP contribution in [0.2, 0.25) is 0 Å². The third-order valence-electron chi connectivity index (χ3n) is 3.03. The van der Waals surface area contributed by atoms with Crippen molar-refractivity contribution in [3.63, 3.8) is 0 Å². The summed E-state index contributed by atoms with van der Waals surface area (Å²) in [6, 6.07) is 13.1. The lowest BCUT2D eigenvalue weighted by atomic mass is 10.1. The first-order valence-corrected chi connectivity index (χ1v) is 6.90. The molecule has 2 nitrogen and oxygen atoms in total. The average molecular weight is 272 g/mol. The Hall–Kier alpha value is -1.78. The average Bonchev–Trinajstić information content (AvgIpc) is 2.83. The van der Waals surface area contributed by atoms with Crippen LogP contribution in [0.4, 0.5) is 4.39 Å². The molecule has 0 atom stereocenters. The van der Waals surface area contributed by atoms with Crippen molar-refractivity contribution in [1.82, 2.24) is 4.98 Å². The summed E-state index contributed by atoms with van der Waals surface area (Å²) in [6.07, 6.45) is 0.524. The number of rotatable bonds is 3. The highest BCUT2D eigenvalue weighted by atomic mass is 32.1. The van der Waals surface area contributed by atoms with Gasteiger partial charge < -0.3 is 5.73 Å². The zero-order valence-electron chi connectivity index (χ0n) is 10.3. The highest BCUT2D eigenvalue weighted by Gasteiger charge is 2.08. The maximum Gasteiger partial charge on any atom is 0.127 e. The molecule has 0 aliphatic rings. The molecule has 0 unspecified atom stereocenters. The molecule has 0 saturated carbocycles. The number of nitrogens with two attached hydrogens (primary N) is 1. The van der Waals surface area contributed by atoms with E-state index in [1.165, 1.54) is 6.07 Å². The second-order valence-electron chi connectivity index (χ2n) is 4.38. The lowest BCUT2D eigenvalue weighted by Crippen LogP contribution is -1.99. The molecule has 0 amide bonds. The van der Waals surface area contributed by atoms with Crippen molar-refractivity contribution >= 4 is 21.6 Å². The molecule has 3 rings (SSSR count). The van der Waals surface area contributed by atoms with Crippen LogP contribution in [-0.4, -0.2) is 4.98 Å². The molecule has 0 saturated heterocycles. The maximum atomic E-state index is 13.9. The van der Waals surface area contributed by atoms with Gasteiger partial charge >= 0.3 is 0 Å². The lowest BCUT2D eigenvalue weighted by Gasteiger charge is -2.03. The minimum absolute atomic E-state index is 0.206. The molecule has 1 aromatic heterocycles. The summed E-state index contributed by atoms with van der Waals surface area (Å²) in [5.41, 5.74) is 7.94. The Kier molecular flexibility index (Phi) is 3.27. The van der Waals surface area contributed by atoms with Gasteiger partial charge in [-0.25, -0.2) is 9.37 Å². The lowest BCUT2D eigenvalue weighted by molar-refractivity contribution is 0.611. The summed E-state index contributed by atoms with van der Waals surface area (Å²) < 4.78 is 15.0. The predicted molar refractivity (Wildman–Crippen MR) is 76.7 cm³/mol. The number of hydrogen-bond acceptors (Lipinski definition) is 3. The van der Waals surface area contributed by atoms with Crippen molar-refractivity contribution in [2.45, 2.75) is 13.0 Å². The van der Waals surface area contributed by atoms with Gasteiger partial charge in [0.1, 0.15) is 5.82 Å². The number of aromatic nitrogens is 1. The molecule has 96 valence electrons. The van der Waals surface area contributed by atoms with Gasteiger partial charge in [-0.05, 0) is 29.3 Å². The zero-order chi connectivity index (χ0) is 13.2. The number of hydrogen-bond donors (Lipinski definition) is 1. The Labute approximate surface area is 114 Å². The fourth-order valence-corrected chi connectivity index (χ4v) is 3.01. The molecule has 2 N–H and O–H groups in total. The second-order valence-corrected chi connectivity index (χ2v) is 5.50. The fraction of sp³-hybridized carbons (Fsp3) is 0.133. The fourth-order valence-electron chi connectivity index (χ4n) is 2.02. The smallest absolute Gasteiger partial charge is 0.127 e. The van der Waals surface area contributed by atoms with Crippen molar-refractivity contribution in [2.75, 3.05) is 0 Å². The molecule has 0 fully saturated rings. The summed E-state index contributed by atoms with van der Waals surface area (Å²) in [7, 11) is 0. The van der Waals surface area contributed by atoms with Gasteiger partial charge in [0.25, 0.3) is 0 Å². The van der Waals surface area contributed by atoms with Crippen LogP contribution in [0, 0.1) is 5.82 Å². The maximum absolute atomic E-state index is 13.9. The van der Waals surface area contributed by atoms with Gasteiger partial charge in [-0.3, -0.25) is 0 Å². The molecule has 19 heavy (non-hydrogen) atoms. The van der Waals surface area contributed by atoms with E-state index in [2.05, 4.69) is 4.98 Å². The van der Waals surface area contributed by atoms with Crippen molar-refractivity contribution in [3.8, 4) is 0 Å². The number of nitrogens with zero attached hydrogens (tertiary/aromatic N) is 1. The second kappa shape index (κ2) is 5.07. The van der Waals surface area contributed by atoms with E-state index in [4.69, 9.17) is 5.73 Å². The molecule has 2 aromatic carbocycles. The minimum atomic E-state index is -0.206. The van der Waals surface area contributed by atoms with Crippen LogP contribution >= 0.6 is 11.3 Å². The number of thiazole rings is 1. The standard InChI is InChI=1S/C15H13FN2S/c16-12-7-10(9-17)5-6-11(12)8-15-18-13-3-1-2-4-14(13)19-15/h1-7H,8-9,17H2. The first-order valence-electron chi connectivity index (χ1n) is 6.08. The molecule has 1 heterocycles. The van der Waals surface area contributed by atoms with Gasteiger partial charge in [-0.15, -0.1) is 11.3 Å². The molecule has 0 aliphatic heterocycles. The number of para-hydroxylation sites is 1. The van der Waals surface area contributed by atoms with Crippen LogP contribution in [0.1, 0.15) is 16.1 Å². The van der Waals surface area contributed by atoms with Gasteiger partial charge in [0.05, 0.1) is 15.2 Å². The van der Waals surface area contributed by atoms with Crippen molar-refractivity contribution < 1.29 is 4.39 Å². The Morgan fingerprint density at radius 3 is 2.74 bits per heavy atom. The Bertz CT molecular complexity index is 688. The van der Waals surface area contributed by atoms with Crippen LogP contribution in [0.3, 0.4) is 0 Å². The van der Waals surface area contributed by atoms with Crippen molar-refractivity contribution in [1.29, 1.82) is 0 Å². The van der Waals surface area contributed by atoms with Gasteiger partial charge in [0.2, 0.25) is 0 Å². The first-order chi connectivity index (χ1) is 9.26. The topological polar surface area (TPSA) is 38.9 Å². The van der Waals surface area contributed by atoms with Crippen LogP contribution in [0.5, 0.6) is 0 Å². The van der Waals surface area contributed by atoms with E-state index in [-0.39, 0.29) is 5.82 Å². The van der Waals surface area contributed by atoms with E-state index in [0.29, 0.717) is 18.5 Å². The Morgan fingerprint density at radius 1 is 1.16 bits per heavy atom. The number of benzene rings is 2. The highest BCUT2D eigenvalue weighted by molar-refractivity contribution is 7.18. The molecule has 0 spiro atoms. The molecular weight excluding hydrogens is 259 g/mol. The summed E-state index contributed by atoms with van der Waals surface area (Å²) in [6.45, 7) is 0.359. The SMILES string of the molecule is NCc1ccc(Cc2nc3ccccc3s2)c(F)c1. The van der Waals surface area contributed by atoms with Crippen LogP contribution < -0.4 is 5.73 Å². The van der Waals surface area contributed by atoms with Gasteiger partial charge in [0.15, 0.2) is 0 Å². The molecule has 4 heteroatoms. The normalized spacial score (nSPS) is 11.1. The monoisotopic (exact) mass is 272 g/mol. The zero-order valence-corrected chi connectivity index (χ0v) is 11.1. The van der Waals surface area contributed by atoms with Gasteiger partial charge in [-0.2, -0.15) is 0 Å². The summed E-state index contributed by atoms with van der Waals surface area (Å²) >= 11 is 1.61. The Morgan fingerprint density at radius 2 is 2.00 bits per heavy atom.